The number of hydrogen-bond acceptors (Lipinski definition) is 2. The number of pyridine rings is 1. The van der Waals surface area contributed by atoms with E-state index in [1.807, 2.05) is 0 Å². The summed E-state index contributed by atoms with van der Waals surface area (Å²) in [6, 6.07) is 3.32. The molecular weight excluding hydrogens is 229 g/mol. The molecule has 0 amide bonds. The van der Waals surface area contributed by atoms with Crippen LogP contribution >= 0.6 is 11.6 Å². The van der Waals surface area contributed by atoms with Crippen molar-refractivity contribution in [3.05, 3.63) is 29.0 Å². The van der Waals surface area contributed by atoms with E-state index in [4.69, 9.17) is 11.6 Å². The fourth-order valence-electron chi connectivity index (χ4n) is 0.974. The van der Waals surface area contributed by atoms with Crippen molar-refractivity contribution in [1.29, 1.82) is 0 Å². The molecule has 1 aromatic rings. The van der Waals surface area contributed by atoms with Crippen molar-refractivity contribution >= 4 is 11.6 Å². The summed E-state index contributed by atoms with van der Waals surface area (Å²) in [4.78, 5) is 3.81. The highest BCUT2D eigenvalue weighted by Crippen LogP contribution is 2.18. The number of nitrogens with zero attached hydrogens (tertiary/aromatic N) is 1. The predicted octanol–water partition coefficient (Wildman–Crippen LogP) is 2.78. The first-order chi connectivity index (χ1) is 6.97. The monoisotopic (exact) mass is 238 g/mol. The molecule has 1 heterocycles. The molecule has 0 aliphatic rings. The fraction of sp³-hybridized carbons (Fsp3) is 0.444. The second kappa shape index (κ2) is 5.32. The Hall–Kier alpha value is -0.810. The van der Waals surface area contributed by atoms with Crippen LogP contribution in [0.15, 0.2) is 18.3 Å². The molecule has 0 spiro atoms. The molecule has 0 aliphatic heterocycles. The van der Waals surface area contributed by atoms with E-state index >= 15 is 0 Å². The van der Waals surface area contributed by atoms with E-state index in [1.54, 1.807) is 12.1 Å². The third-order valence-electron chi connectivity index (χ3n) is 1.70. The van der Waals surface area contributed by atoms with Crippen molar-refractivity contribution in [3.63, 3.8) is 0 Å². The topological polar surface area (TPSA) is 24.9 Å². The zero-order valence-electron chi connectivity index (χ0n) is 7.81. The third kappa shape index (κ3) is 5.59. The lowest BCUT2D eigenvalue weighted by Crippen LogP contribution is -2.21. The Bertz CT molecular complexity index is 297. The van der Waals surface area contributed by atoms with Crippen LogP contribution in [0.1, 0.15) is 12.0 Å². The average molecular weight is 239 g/mol. The van der Waals surface area contributed by atoms with Crippen molar-refractivity contribution < 1.29 is 13.2 Å². The van der Waals surface area contributed by atoms with Crippen molar-refractivity contribution in [2.24, 2.45) is 0 Å². The Labute approximate surface area is 90.5 Å². The smallest absolute Gasteiger partial charge is 0.312 e. The van der Waals surface area contributed by atoms with E-state index in [2.05, 4.69) is 10.3 Å². The van der Waals surface area contributed by atoms with Crippen LogP contribution in [0.5, 0.6) is 0 Å². The number of hydrogen-bond donors (Lipinski definition) is 1. The average Bonchev–Trinajstić information content (AvgIpc) is 2.14. The summed E-state index contributed by atoms with van der Waals surface area (Å²) < 4.78 is 35.3. The van der Waals surface area contributed by atoms with Gasteiger partial charge in [0.15, 0.2) is 0 Å². The summed E-state index contributed by atoms with van der Waals surface area (Å²) in [6.45, 7) is 0.270. The predicted molar refractivity (Wildman–Crippen MR) is 51.6 cm³/mol. The van der Waals surface area contributed by atoms with Gasteiger partial charge in [-0.25, -0.2) is 4.98 Å². The summed E-state index contributed by atoms with van der Waals surface area (Å²) in [7, 11) is 0. The minimum atomic E-state index is -4.11. The fourth-order valence-corrected chi connectivity index (χ4v) is 1.09. The van der Waals surface area contributed by atoms with Crippen LogP contribution in [-0.4, -0.2) is 17.7 Å². The lowest BCUT2D eigenvalue weighted by atomic mass is 10.3. The van der Waals surface area contributed by atoms with Crippen molar-refractivity contribution in [2.75, 3.05) is 6.54 Å². The summed E-state index contributed by atoms with van der Waals surface area (Å²) in [5, 5.41) is 3.04. The first-order valence-corrected chi connectivity index (χ1v) is 4.73. The minimum absolute atomic E-state index is 0.0911. The Morgan fingerprint density at radius 2 is 2.07 bits per heavy atom. The second-order valence-corrected chi connectivity index (χ2v) is 3.42. The molecule has 1 N–H and O–H groups in total. The van der Waals surface area contributed by atoms with Crippen LogP contribution in [-0.2, 0) is 6.54 Å². The normalized spacial score (nSPS) is 11.7. The number of alkyl halides is 3. The van der Waals surface area contributed by atoms with Crippen LogP contribution in [0.3, 0.4) is 0 Å². The maximum atomic E-state index is 11.8. The summed E-state index contributed by atoms with van der Waals surface area (Å²) in [6.07, 6.45) is -3.40. The highest BCUT2D eigenvalue weighted by atomic mass is 35.5. The molecule has 1 aromatic heterocycles. The Kier molecular flexibility index (Phi) is 4.35. The Morgan fingerprint density at radius 3 is 2.60 bits per heavy atom. The molecule has 0 saturated carbocycles. The van der Waals surface area contributed by atoms with Gasteiger partial charge < -0.3 is 5.32 Å². The highest BCUT2D eigenvalue weighted by molar-refractivity contribution is 6.29. The maximum absolute atomic E-state index is 11.8. The number of aromatic nitrogens is 1. The van der Waals surface area contributed by atoms with Gasteiger partial charge in [-0.05, 0) is 11.6 Å². The molecule has 84 valence electrons. The number of rotatable bonds is 4. The van der Waals surface area contributed by atoms with Crippen molar-refractivity contribution in [2.45, 2.75) is 19.1 Å². The molecule has 0 radical (unpaired) electrons. The van der Waals surface area contributed by atoms with Gasteiger partial charge in [0.05, 0.1) is 6.42 Å². The SMILES string of the molecule is FC(F)(F)CCNCc1ccc(Cl)nc1. The molecule has 6 heteroatoms. The molecule has 0 saturated heterocycles. The van der Waals surface area contributed by atoms with Crippen LogP contribution in [0.4, 0.5) is 13.2 Å². The van der Waals surface area contributed by atoms with Crippen LogP contribution < -0.4 is 5.32 Å². The van der Waals surface area contributed by atoms with Gasteiger partial charge in [-0.2, -0.15) is 13.2 Å². The van der Waals surface area contributed by atoms with Gasteiger partial charge in [0.25, 0.3) is 0 Å². The lowest BCUT2D eigenvalue weighted by molar-refractivity contribution is -0.133. The standard InChI is InChI=1S/C9H10ClF3N2/c10-8-2-1-7(6-15-8)5-14-4-3-9(11,12)13/h1-2,6,14H,3-5H2. The maximum Gasteiger partial charge on any atom is 0.390 e. The van der Waals surface area contributed by atoms with Crippen molar-refractivity contribution in [1.82, 2.24) is 10.3 Å². The van der Waals surface area contributed by atoms with Crippen LogP contribution in [0.2, 0.25) is 5.15 Å². The van der Waals surface area contributed by atoms with Crippen LogP contribution in [0, 0.1) is 0 Å². The first kappa shape index (κ1) is 12.3. The van der Waals surface area contributed by atoms with E-state index in [-0.39, 0.29) is 6.54 Å². The minimum Gasteiger partial charge on any atom is -0.312 e. The third-order valence-corrected chi connectivity index (χ3v) is 1.93. The molecule has 2 nitrogen and oxygen atoms in total. The van der Waals surface area contributed by atoms with Gasteiger partial charge in [0.2, 0.25) is 0 Å². The van der Waals surface area contributed by atoms with E-state index in [0.29, 0.717) is 11.7 Å². The van der Waals surface area contributed by atoms with E-state index in [9.17, 15) is 13.2 Å². The van der Waals surface area contributed by atoms with Crippen LogP contribution in [0.25, 0.3) is 0 Å². The van der Waals surface area contributed by atoms with Gasteiger partial charge in [0, 0.05) is 19.3 Å². The van der Waals surface area contributed by atoms with E-state index < -0.39 is 12.6 Å². The molecule has 0 aromatic carbocycles. The second-order valence-electron chi connectivity index (χ2n) is 3.03. The van der Waals surface area contributed by atoms with Gasteiger partial charge in [-0.3, -0.25) is 0 Å². The number of halogens is 4. The number of nitrogens with one attached hydrogen (secondary N) is 1. The molecule has 0 fully saturated rings. The van der Waals surface area contributed by atoms with E-state index in [0.717, 1.165) is 5.56 Å². The first-order valence-electron chi connectivity index (χ1n) is 4.35. The Morgan fingerprint density at radius 1 is 1.33 bits per heavy atom. The molecule has 15 heavy (non-hydrogen) atoms. The molecule has 0 aliphatic carbocycles. The highest BCUT2D eigenvalue weighted by Gasteiger charge is 2.25. The summed E-state index contributed by atoms with van der Waals surface area (Å²) >= 11 is 5.55. The molecule has 1 rings (SSSR count). The van der Waals surface area contributed by atoms with Gasteiger partial charge in [0.1, 0.15) is 5.15 Å². The van der Waals surface area contributed by atoms with E-state index in [1.165, 1.54) is 6.20 Å². The van der Waals surface area contributed by atoms with Gasteiger partial charge in [-0.15, -0.1) is 0 Å². The molecule has 0 bridgehead atoms. The summed E-state index contributed by atoms with van der Waals surface area (Å²) in [5.41, 5.74) is 0.807. The zero-order chi connectivity index (χ0) is 11.3. The lowest BCUT2D eigenvalue weighted by Gasteiger charge is -2.07. The molecule has 0 unspecified atom stereocenters. The van der Waals surface area contributed by atoms with Gasteiger partial charge >= 0.3 is 6.18 Å². The molecular formula is C9H10ClF3N2. The quantitative estimate of drug-likeness (QED) is 0.645. The van der Waals surface area contributed by atoms with Gasteiger partial charge in [-0.1, -0.05) is 17.7 Å². The Balaban J connectivity index is 2.23. The zero-order valence-corrected chi connectivity index (χ0v) is 8.57. The summed E-state index contributed by atoms with van der Waals surface area (Å²) in [5.74, 6) is 0. The molecule has 0 atom stereocenters. The van der Waals surface area contributed by atoms with Crippen molar-refractivity contribution in [3.8, 4) is 0 Å². The largest absolute Gasteiger partial charge is 0.390 e.